The van der Waals surface area contributed by atoms with Gasteiger partial charge in [-0.05, 0) is 24.3 Å². The third-order valence-electron chi connectivity index (χ3n) is 5.21. The van der Waals surface area contributed by atoms with Gasteiger partial charge in [-0.15, -0.1) is 0 Å². The van der Waals surface area contributed by atoms with Crippen LogP contribution in [0.15, 0.2) is 61.1 Å². The largest absolute Gasteiger partial charge is 0.335 e. The second kappa shape index (κ2) is 7.01. The molecule has 7 heteroatoms. The number of rotatable bonds is 3. The molecule has 5 rings (SSSR count). The van der Waals surface area contributed by atoms with E-state index in [4.69, 9.17) is 0 Å². The number of fused-ring (bicyclic) bond motifs is 2. The first kappa shape index (κ1) is 16.8. The second-order valence-corrected chi connectivity index (χ2v) is 6.99. The minimum absolute atomic E-state index is 0.0484. The number of hydrogen-bond acceptors (Lipinski definition) is 5. The summed E-state index contributed by atoms with van der Waals surface area (Å²) in [6.45, 7) is 3.84. The molecular weight excluding hydrogens is 352 g/mol. The lowest BCUT2D eigenvalue weighted by atomic mass is 10.2. The Labute approximate surface area is 162 Å². The maximum absolute atomic E-state index is 12.8. The molecule has 0 aliphatic carbocycles. The van der Waals surface area contributed by atoms with Crippen LogP contribution in [-0.4, -0.2) is 61.2 Å². The lowest BCUT2D eigenvalue weighted by Crippen LogP contribution is -2.48. The van der Waals surface area contributed by atoms with E-state index in [1.807, 2.05) is 59.8 Å². The molecule has 0 bridgehead atoms. The summed E-state index contributed by atoms with van der Waals surface area (Å²) < 4.78 is 2.11. The quantitative estimate of drug-likeness (QED) is 0.552. The minimum Gasteiger partial charge on any atom is -0.335 e. The molecule has 140 valence electrons. The first-order valence-corrected chi connectivity index (χ1v) is 9.42. The average Bonchev–Trinajstić information content (AvgIpc) is 3.16. The number of carbonyl (C=O) groups excluding carboxylic acids is 1. The van der Waals surface area contributed by atoms with E-state index in [2.05, 4.69) is 24.3 Å². The summed E-state index contributed by atoms with van der Waals surface area (Å²) in [5.41, 5.74) is 4.09. The van der Waals surface area contributed by atoms with Crippen molar-refractivity contribution in [3.8, 4) is 0 Å². The Kier molecular flexibility index (Phi) is 4.21. The topological polar surface area (TPSA) is 66.6 Å². The van der Waals surface area contributed by atoms with Crippen LogP contribution >= 0.6 is 0 Å². The van der Waals surface area contributed by atoms with Crippen molar-refractivity contribution < 1.29 is 4.79 Å². The van der Waals surface area contributed by atoms with E-state index < -0.39 is 0 Å². The molecule has 1 aliphatic rings. The number of carbonyl (C=O) groups is 1. The molecule has 0 atom stereocenters. The fourth-order valence-corrected chi connectivity index (χ4v) is 3.66. The number of nitrogens with zero attached hydrogens (tertiary/aromatic N) is 6. The van der Waals surface area contributed by atoms with Gasteiger partial charge in [-0.2, -0.15) is 0 Å². The number of amides is 1. The van der Waals surface area contributed by atoms with Crippen LogP contribution in [0.1, 0.15) is 16.2 Å². The van der Waals surface area contributed by atoms with Crippen molar-refractivity contribution in [2.75, 3.05) is 26.2 Å². The molecule has 3 aromatic heterocycles. The van der Waals surface area contributed by atoms with E-state index in [1.54, 1.807) is 6.20 Å². The third-order valence-corrected chi connectivity index (χ3v) is 5.21. The van der Waals surface area contributed by atoms with Crippen LogP contribution < -0.4 is 0 Å². The molecular formula is C21H20N6O. The van der Waals surface area contributed by atoms with E-state index in [1.165, 1.54) is 0 Å². The Morgan fingerprint density at radius 3 is 2.54 bits per heavy atom. The molecule has 0 saturated carbocycles. The molecule has 4 heterocycles. The van der Waals surface area contributed by atoms with E-state index in [0.29, 0.717) is 18.8 Å². The number of imidazole rings is 1. The summed E-state index contributed by atoms with van der Waals surface area (Å²) in [6, 6.07) is 13.6. The minimum atomic E-state index is -0.0484. The molecule has 28 heavy (non-hydrogen) atoms. The normalized spacial score (nSPS) is 15.4. The summed E-state index contributed by atoms with van der Waals surface area (Å²) in [5, 5.41) is 0. The van der Waals surface area contributed by atoms with Gasteiger partial charge in [0, 0.05) is 38.9 Å². The summed E-state index contributed by atoms with van der Waals surface area (Å²) in [4.78, 5) is 30.3. The molecule has 1 fully saturated rings. The van der Waals surface area contributed by atoms with Crippen molar-refractivity contribution in [2.24, 2.45) is 0 Å². The first-order chi connectivity index (χ1) is 13.8. The lowest BCUT2D eigenvalue weighted by molar-refractivity contribution is 0.0621. The molecule has 0 unspecified atom stereocenters. The number of hydrogen-bond donors (Lipinski definition) is 0. The maximum atomic E-state index is 12.8. The molecule has 1 aliphatic heterocycles. The van der Waals surface area contributed by atoms with Crippen LogP contribution in [0.2, 0.25) is 0 Å². The number of pyridine rings is 1. The Bertz CT molecular complexity index is 1150. The highest BCUT2D eigenvalue weighted by atomic mass is 16.2. The van der Waals surface area contributed by atoms with Gasteiger partial charge in [-0.25, -0.2) is 9.97 Å². The van der Waals surface area contributed by atoms with Crippen LogP contribution in [-0.2, 0) is 6.54 Å². The van der Waals surface area contributed by atoms with Gasteiger partial charge in [0.05, 0.1) is 29.1 Å². The van der Waals surface area contributed by atoms with Crippen molar-refractivity contribution in [3.63, 3.8) is 0 Å². The SMILES string of the molecule is O=C(c1cnc2ccccc2n1)N1CCN(Cc2cnc3ccccn23)CC1. The zero-order chi connectivity index (χ0) is 18.9. The van der Waals surface area contributed by atoms with Crippen molar-refractivity contribution in [2.45, 2.75) is 6.54 Å². The second-order valence-electron chi connectivity index (χ2n) is 6.99. The molecule has 1 amide bonds. The van der Waals surface area contributed by atoms with Gasteiger partial charge in [0.2, 0.25) is 0 Å². The number of piperazine rings is 1. The Hall–Kier alpha value is -3.32. The predicted octanol–water partition coefficient (Wildman–Crippen LogP) is 2.24. The Morgan fingerprint density at radius 1 is 0.893 bits per heavy atom. The fraction of sp³-hybridized carbons (Fsp3) is 0.238. The van der Waals surface area contributed by atoms with Crippen LogP contribution in [0.4, 0.5) is 0 Å². The Balaban J connectivity index is 1.25. The highest BCUT2D eigenvalue weighted by Crippen LogP contribution is 2.14. The number of aromatic nitrogens is 4. The van der Waals surface area contributed by atoms with Crippen molar-refractivity contribution in [1.82, 2.24) is 29.2 Å². The lowest BCUT2D eigenvalue weighted by Gasteiger charge is -2.34. The van der Waals surface area contributed by atoms with E-state index in [0.717, 1.165) is 42.0 Å². The number of para-hydroxylation sites is 2. The summed E-state index contributed by atoms with van der Waals surface area (Å²) in [6.07, 6.45) is 5.54. The van der Waals surface area contributed by atoms with Crippen LogP contribution in [0.25, 0.3) is 16.7 Å². The van der Waals surface area contributed by atoms with Gasteiger partial charge in [0.15, 0.2) is 0 Å². The predicted molar refractivity (Wildman–Crippen MR) is 106 cm³/mol. The van der Waals surface area contributed by atoms with Crippen molar-refractivity contribution in [3.05, 3.63) is 72.4 Å². The van der Waals surface area contributed by atoms with Gasteiger partial charge in [-0.3, -0.25) is 14.7 Å². The van der Waals surface area contributed by atoms with Gasteiger partial charge in [-0.1, -0.05) is 18.2 Å². The van der Waals surface area contributed by atoms with E-state index in [-0.39, 0.29) is 5.91 Å². The number of benzene rings is 1. The summed E-state index contributed by atoms with van der Waals surface area (Å²) >= 11 is 0. The van der Waals surface area contributed by atoms with E-state index in [9.17, 15) is 4.79 Å². The zero-order valence-corrected chi connectivity index (χ0v) is 15.4. The third kappa shape index (κ3) is 3.10. The highest BCUT2D eigenvalue weighted by Gasteiger charge is 2.24. The van der Waals surface area contributed by atoms with Gasteiger partial charge >= 0.3 is 0 Å². The zero-order valence-electron chi connectivity index (χ0n) is 15.4. The molecule has 1 saturated heterocycles. The standard InChI is InChI=1S/C21H20N6O/c28-21(19-14-22-17-5-1-2-6-18(17)24-19)26-11-9-25(10-12-26)15-16-13-23-20-7-3-4-8-27(16)20/h1-8,13-14H,9-12,15H2. The van der Waals surface area contributed by atoms with Gasteiger partial charge < -0.3 is 9.30 Å². The average molecular weight is 372 g/mol. The van der Waals surface area contributed by atoms with Crippen molar-refractivity contribution >= 4 is 22.6 Å². The monoisotopic (exact) mass is 372 g/mol. The fourth-order valence-electron chi connectivity index (χ4n) is 3.66. The van der Waals surface area contributed by atoms with Gasteiger partial charge in [0.25, 0.3) is 5.91 Å². The smallest absolute Gasteiger partial charge is 0.274 e. The molecule has 7 nitrogen and oxygen atoms in total. The molecule has 0 radical (unpaired) electrons. The van der Waals surface area contributed by atoms with Crippen LogP contribution in [0.5, 0.6) is 0 Å². The van der Waals surface area contributed by atoms with Crippen LogP contribution in [0, 0.1) is 0 Å². The molecule has 0 spiro atoms. The molecule has 0 N–H and O–H groups in total. The van der Waals surface area contributed by atoms with Crippen LogP contribution in [0.3, 0.4) is 0 Å². The summed E-state index contributed by atoms with van der Waals surface area (Å²) in [7, 11) is 0. The van der Waals surface area contributed by atoms with Crippen molar-refractivity contribution in [1.29, 1.82) is 0 Å². The molecule has 4 aromatic rings. The van der Waals surface area contributed by atoms with E-state index >= 15 is 0 Å². The maximum Gasteiger partial charge on any atom is 0.274 e. The summed E-state index contributed by atoms with van der Waals surface area (Å²) in [5.74, 6) is -0.0484. The van der Waals surface area contributed by atoms with Gasteiger partial charge in [0.1, 0.15) is 11.3 Å². The first-order valence-electron chi connectivity index (χ1n) is 9.42. The molecule has 1 aromatic carbocycles. The highest BCUT2D eigenvalue weighted by molar-refractivity contribution is 5.93. The Morgan fingerprint density at radius 2 is 1.68 bits per heavy atom.